The highest BCUT2D eigenvalue weighted by molar-refractivity contribution is 6.04. The monoisotopic (exact) mass is 461 g/mol. The first kappa shape index (κ1) is 24.8. The first-order valence-corrected chi connectivity index (χ1v) is 11.2. The van der Waals surface area contributed by atoms with Gasteiger partial charge in [0.05, 0.1) is 13.7 Å². The molecule has 3 aromatic rings. The van der Waals surface area contributed by atoms with E-state index in [2.05, 4.69) is 38.2 Å². The molecule has 3 aromatic carbocycles. The fraction of sp³-hybridized carbons (Fsp3) is 0.286. The lowest BCUT2D eigenvalue weighted by Gasteiger charge is -2.19. The molecular weight excluding hydrogens is 430 g/mol. The van der Waals surface area contributed by atoms with Gasteiger partial charge in [-0.05, 0) is 78.1 Å². The molecule has 34 heavy (non-hydrogen) atoms. The highest BCUT2D eigenvalue weighted by Crippen LogP contribution is 2.24. The molecule has 0 aliphatic rings. The highest BCUT2D eigenvalue weighted by atomic mass is 16.5. The van der Waals surface area contributed by atoms with E-state index in [1.165, 1.54) is 5.56 Å². The van der Waals surface area contributed by atoms with Crippen molar-refractivity contribution in [3.8, 4) is 17.2 Å². The van der Waals surface area contributed by atoms with Crippen molar-refractivity contribution in [1.82, 2.24) is 0 Å². The number of methoxy groups -OCH3 is 1. The molecule has 0 bridgehead atoms. The Labute approximate surface area is 200 Å². The van der Waals surface area contributed by atoms with Crippen molar-refractivity contribution in [2.75, 3.05) is 19.0 Å². The third kappa shape index (κ3) is 7.37. The van der Waals surface area contributed by atoms with Crippen molar-refractivity contribution in [1.29, 1.82) is 0 Å². The number of hydrogen-bond donors (Lipinski definition) is 1. The Kier molecular flexibility index (Phi) is 8.30. The van der Waals surface area contributed by atoms with Crippen LogP contribution in [0.5, 0.6) is 17.2 Å². The average molecular weight is 462 g/mol. The second kappa shape index (κ2) is 11.4. The quantitative estimate of drug-likeness (QED) is 0.240. The summed E-state index contributed by atoms with van der Waals surface area (Å²) < 4.78 is 16.2. The van der Waals surface area contributed by atoms with E-state index in [1.807, 2.05) is 12.1 Å². The third-order valence-corrected chi connectivity index (χ3v) is 5.21. The molecule has 0 aromatic heterocycles. The molecule has 0 saturated carbocycles. The van der Waals surface area contributed by atoms with Crippen molar-refractivity contribution in [3.63, 3.8) is 0 Å². The molecule has 0 radical (unpaired) electrons. The Morgan fingerprint density at radius 1 is 0.794 bits per heavy atom. The minimum Gasteiger partial charge on any atom is -0.497 e. The predicted octanol–water partition coefficient (Wildman–Crippen LogP) is 6.01. The lowest BCUT2D eigenvalue weighted by atomic mass is 9.87. The van der Waals surface area contributed by atoms with Crippen LogP contribution in [0.2, 0.25) is 0 Å². The Morgan fingerprint density at radius 3 is 1.97 bits per heavy atom. The van der Waals surface area contributed by atoms with Crippen LogP contribution in [0.3, 0.4) is 0 Å². The topological polar surface area (TPSA) is 73.9 Å². The average Bonchev–Trinajstić information content (AvgIpc) is 2.82. The van der Waals surface area contributed by atoms with Crippen molar-refractivity contribution in [2.45, 2.75) is 39.0 Å². The van der Waals surface area contributed by atoms with E-state index >= 15 is 0 Å². The van der Waals surface area contributed by atoms with Crippen molar-refractivity contribution < 1.29 is 23.8 Å². The smallest absolute Gasteiger partial charge is 0.311 e. The summed E-state index contributed by atoms with van der Waals surface area (Å²) in [6.07, 6.45) is 0.780. The fourth-order valence-corrected chi connectivity index (χ4v) is 3.19. The van der Waals surface area contributed by atoms with Gasteiger partial charge in [0.1, 0.15) is 17.2 Å². The maximum Gasteiger partial charge on any atom is 0.311 e. The number of esters is 1. The van der Waals surface area contributed by atoms with E-state index in [9.17, 15) is 9.59 Å². The van der Waals surface area contributed by atoms with Gasteiger partial charge in [-0.2, -0.15) is 0 Å². The SMILES string of the molecule is COc1ccc(NC(=O)c2ccc(OC(=O)CCCOc3ccc(C(C)(C)C)cc3)cc2)cc1. The number of benzene rings is 3. The van der Waals surface area contributed by atoms with E-state index in [0.717, 1.165) is 5.75 Å². The number of carbonyl (C=O) groups is 2. The van der Waals surface area contributed by atoms with E-state index in [-0.39, 0.29) is 23.7 Å². The van der Waals surface area contributed by atoms with E-state index in [4.69, 9.17) is 14.2 Å². The third-order valence-electron chi connectivity index (χ3n) is 5.21. The molecule has 1 N–H and O–H groups in total. The minimum atomic E-state index is -0.345. The van der Waals surface area contributed by atoms with Gasteiger partial charge in [0.15, 0.2) is 0 Å². The summed E-state index contributed by atoms with van der Waals surface area (Å²) in [5.41, 5.74) is 2.46. The van der Waals surface area contributed by atoms with Gasteiger partial charge in [-0.3, -0.25) is 9.59 Å². The maximum atomic E-state index is 12.4. The minimum absolute atomic E-state index is 0.0980. The number of carbonyl (C=O) groups excluding carboxylic acids is 2. The van der Waals surface area contributed by atoms with Gasteiger partial charge in [-0.15, -0.1) is 0 Å². The zero-order valence-corrected chi connectivity index (χ0v) is 20.1. The normalized spacial score (nSPS) is 10.9. The van der Waals surface area contributed by atoms with Crippen LogP contribution in [-0.2, 0) is 10.2 Å². The molecule has 6 nitrogen and oxygen atoms in total. The molecule has 0 aliphatic heterocycles. The number of hydrogen-bond acceptors (Lipinski definition) is 5. The van der Waals surface area contributed by atoms with Crippen LogP contribution in [0.25, 0.3) is 0 Å². The largest absolute Gasteiger partial charge is 0.497 e. The van der Waals surface area contributed by atoms with Crippen molar-refractivity contribution in [2.24, 2.45) is 0 Å². The molecule has 0 saturated heterocycles. The summed E-state index contributed by atoms with van der Waals surface area (Å²) in [6, 6.07) is 21.5. The standard InChI is InChI=1S/C28H31NO5/c1-28(2,3)21-9-15-24(16-10-21)33-19-5-6-26(30)34-25-13-7-20(8-14-25)27(31)29-22-11-17-23(32-4)18-12-22/h7-18H,5-6,19H2,1-4H3,(H,29,31). The zero-order chi connectivity index (χ0) is 24.6. The van der Waals surface area contributed by atoms with Crippen LogP contribution in [0.4, 0.5) is 5.69 Å². The lowest BCUT2D eigenvalue weighted by molar-refractivity contribution is -0.134. The molecule has 178 valence electrons. The Morgan fingerprint density at radius 2 is 1.38 bits per heavy atom. The second-order valence-electron chi connectivity index (χ2n) is 8.91. The van der Waals surface area contributed by atoms with Gasteiger partial charge in [-0.25, -0.2) is 0 Å². The van der Waals surface area contributed by atoms with E-state index < -0.39 is 0 Å². The summed E-state index contributed by atoms with van der Waals surface area (Å²) >= 11 is 0. The van der Waals surface area contributed by atoms with Crippen LogP contribution in [-0.4, -0.2) is 25.6 Å². The zero-order valence-electron chi connectivity index (χ0n) is 20.1. The van der Waals surface area contributed by atoms with Gasteiger partial charge in [0.2, 0.25) is 0 Å². The fourth-order valence-electron chi connectivity index (χ4n) is 3.19. The number of anilines is 1. The lowest BCUT2D eigenvalue weighted by Crippen LogP contribution is -2.12. The maximum absolute atomic E-state index is 12.4. The van der Waals surface area contributed by atoms with Crippen LogP contribution >= 0.6 is 0 Å². The molecule has 0 fully saturated rings. The van der Waals surface area contributed by atoms with Gasteiger partial charge in [0, 0.05) is 17.7 Å². The molecule has 0 heterocycles. The number of rotatable bonds is 9. The second-order valence-corrected chi connectivity index (χ2v) is 8.91. The molecule has 1 amide bonds. The Balaban J connectivity index is 1.40. The highest BCUT2D eigenvalue weighted by Gasteiger charge is 2.13. The van der Waals surface area contributed by atoms with Gasteiger partial charge in [-0.1, -0.05) is 32.9 Å². The molecule has 0 aliphatic carbocycles. The molecular formula is C28H31NO5. The molecule has 3 rings (SSSR count). The van der Waals surface area contributed by atoms with Gasteiger partial charge < -0.3 is 19.5 Å². The van der Waals surface area contributed by atoms with Crippen LogP contribution in [0, 0.1) is 0 Å². The summed E-state index contributed by atoms with van der Waals surface area (Å²) in [4.78, 5) is 24.5. The molecule has 0 spiro atoms. The molecule has 6 heteroatoms. The van der Waals surface area contributed by atoms with E-state index in [1.54, 1.807) is 55.6 Å². The molecule has 0 unspecified atom stereocenters. The summed E-state index contributed by atoms with van der Waals surface area (Å²) in [6.45, 7) is 6.92. The summed E-state index contributed by atoms with van der Waals surface area (Å²) in [7, 11) is 1.59. The summed E-state index contributed by atoms with van der Waals surface area (Å²) in [5, 5.41) is 2.81. The molecule has 0 atom stereocenters. The first-order chi connectivity index (χ1) is 16.2. The van der Waals surface area contributed by atoms with Crippen LogP contribution in [0.15, 0.2) is 72.8 Å². The number of amides is 1. The van der Waals surface area contributed by atoms with Gasteiger partial charge in [0.25, 0.3) is 5.91 Å². The predicted molar refractivity (Wildman–Crippen MR) is 133 cm³/mol. The van der Waals surface area contributed by atoms with E-state index in [0.29, 0.717) is 35.8 Å². The Bertz CT molecular complexity index is 1080. The Hall–Kier alpha value is -3.80. The van der Waals surface area contributed by atoms with Crippen molar-refractivity contribution in [3.05, 3.63) is 83.9 Å². The first-order valence-electron chi connectivity index (χ1n) is 11.2. The number of ether oxygens (including phenoxy) is 3. The summed E-state index contributed by atoms with van der Waals surface area (Å²) in [5.74, 6) is 1.29. The number of nitrogens with one attached hydrogen (secondary N) is 1. The van der Waals surface area contributed by atoms with Crippen LogP contribution in [0.1, 0.15) is 49.5 Å². The van der Waals surface area contributed by atoms with Crippen LogP contribution < -0.4 is 19.5 Å². The van der Waals surface area contributed by atoms with Gasteiger partial charge >= 0.3 is 5.97 Å². The van der Waals surface area contributed by atoms with Crippen molar-refractivity contribution >= 4 is 17.6 Å².